The van der Waals surface area contributed by atoms with E-state index in [1.54, 1.807) is 23.1 Å². The molecule has 1 aromatic heterocycles. The van der Waals surface area contributed by atoms with E-state index >= 15 is 0 Å². The molecule has 23 heavy (non-hydrogen) atoms. The van der Waals surface area contributed by atoms with Gasteiger partial charge in [-0.15, -0.1) is 0 Å². The van der Waals surface area contributed by atoms with E-state index in [2.05, 4.69) is 27.2 Å². The molecule has 1 unspecified atom stereocenters. The first-order valence-corrected chi connectivity index (χ1v) is 8.16. The first-order valence-electron chi connectivity index (χ1n) is 7.78. The lowest BCUT2D eigenvalue weighted by molar-refractivity contribution is -0.117. The van der Waals surface area contributed by atoms with Crippen molar-refractivity contribution in [2.45, 2.75) is 19.8 Å². The maximum Gasteiger partial charge on any atom is 0.238 e. The Morgan fingerprint density at radius 1 is 1.48 bits per heavy atom. The summed E-state index contributed by atoms with van der Waals surface area (Å²) < 4.78 is 1.61. The Balaban J connectivity index is 1.72. The number of piperidine rings is 1. The van der Waals surface area contributed by atoms with E-state index in [4.69, 9.17) is 11.6 Å². The first kappa shape index (κ1) is 16.0. The maximum atomic E-state index is 12.4. The van der Waals surface area contributed by atoms with Gasteiger partial charge in [-0.25, -0.2) is 9.67 Å². The van der Waals surface area contributed by atoms with Crippen LogP contribution >= 0.6 is 11.6 Å². The molecule has 1 amide bonds. The second kappa shape index (κ2) is 7.10. The molecule has 7 heteroatoms. The summed E-state index contributed by atoms with van der Waals surface area (Å²) in [6, 6.07) is 5.31. The maximum absolute atomic E-state index is 12.4. The van der Waals surface area contributed by atoms with Gasteiger partial charge >= 0.3 is 0 Å². The Bertz CT molecular complexity index is 673. The van der Waals surface area contributed by atoms with Gasteiger partial charge in [0.2, 0.25) is 5.91 Å². The smallest absolute Gasteiger partial charge is 0.238 e. The molecule has 1 saturated heterocycles. The number of halogens is 1. The molecule has 0 radical (unpaired) electrons. The highest BCUT2D eigenvalue weighted by atomic mass is 35.5. The normalized spacial score (nSPS) is 18.8. The van der Waals surface area contributed by atoms with E-state index < -0.39 is 0 Å². The third-order valence-electron chi connectivity index (χ3n) is 4.01. The topological polar surface area (TPSA) is 63.1 Å². The third-order valence-corrected chi connectivity index (χ3v) is 4.24. The van der Waals surface area contributed by atoms with Crippen LogP contribution in [0.1, 0.15) is 19.8 Å². The molecule has 2 heterocycles. The van der Waals surface area contributed by atoms with Crippen LogP contribution in [0.5, 0.6) is 0 Å². The molecule has 0 bridgehead atoms. The van der Waals surface area contributed by atoms with Gasteiger partial charge in [0.15, 0.2) is 0 Å². The van der Waals surface area contributed by atoms with E-state index in [0.717, 1.165) is 25.2 Å². The fourth-order valence-electron chi connectivity index (χ4n) is 2.96. The number of anilines is 1. The minimum Gasteiger partial charge on any atom is -0.323 e. The quantitative estimate of drug-likeness (QED) is 0.934. The number of benzene rings is 1. The Morgan fingerprint density at radius 2 is 2.35 bits per heavy atom. The van der Waals surface area contributed by atoms with Crippen molar-refractivity contribution in [1.82, 2.24) is 19.7 Å². The van der Waals surface area contributed by atoms with Crippen molar-refractivity contribution in [2.24, 2.45) is 5.92 Å². The number of hydrogen-bond donors (Lipinski definition) is 1. The zero-order valence-electron chi connectivity index (χ0n) is 13.1. The monoisotopic (exact) mass is 333 g/mol. The fraction of sp³-hybridized carbons (Fsp3) is 0.438. The largest absolute Gasteiger partial charge is 0.323 e. The minimum absolute atomic E-state index is 0.0391. The van der Waals surface area contributed by atoms with Gasteiger partial charge in [-0.3, -0.25) is 9.69 Å². The molecular formula is C16H20ClN5O. The summed E-state index contributed by atoms with van der Waals surface area (Å²) in [7, 11) is 0. The highest BCUT2D eigenvalue weighted by Crippen LogP contribution is 2.24. The minimum atomic E-state index is -0.0391. The predicted octanol–water partition coefficient (Wildman–Crippen LogP) is 2.59. The summed E-state index contributed by atoms with van der Waals surface area (Å²) in [6.45, 7) is 4.57. The van der Waals surface area contributed by atoms with Crippen LogP contribution < -0.4 is 5.32 Å². The number of nitrogens with zero attached hydrogens (tertiary/aromatic N) is 4. The van der Waals surface area contributed by atoms with Gasteiger partial charge in [0, 0.05) is 11.6 Å². The molecule has 1 aliphatic rings. The van der Waals surface area contributed by atoms with Crippen molar-refractivity contribution in [1.29, 1.82) is 0 Å². The lowest BCUT2D eigenvalue weighted by Gasteiger charge is -2.30. The fourth-order valence-corrected chi connectivity index (χ4v) is 3.14. The molecule has 0 saturated carbocycles. The molecule has 3 rings (SSSR count). The van der Waals surface area contributed by atoms with E-state index in [0.29, 0.717) is 23.2 Å². The van der Waals surface area contributed by atoms with E-state index in [9.17, 15) is 4.79 Å². The zero-order valence-corrected chi connectivity index (χ0v) is 13.8. The molecule has 0 spiro atoms. The highest BCUT2D eigenvalue weighted by molar-refractivity contribution is 6.31. The first-order chi connectivity index (χ1) is 11.1. The molecule has 2 aromatic rings. The average molecular weight is 334 g/mol. The third kappa shape index (κ3) is 4.09. The number of nitrogens with one attached hydrogen (secondary N) is 1. The number of carbonyl (C=O) groups is 1. The molecule has 0 aliphatic carbocycles. The van der Waals surface area contributed by atoms with Crippen LogP contribution in [0.2, 0.25) is 5.02 Å². The highest BCUT2D eigenvalue weighted by Gasteiger charge is 2.19. The molecule has 1 aromatic carbocycles. The zero-order chi connectivity index (χ0) is 16.2. The van der Waals surface area contributed by atoms with Crippen LogP contribution in [0.25, 0.3) is 5.69 Å². The summed E-state index contributed by atoms with van der Waals surface area (Å²) in [5, 5.41) is 7.62. The van der Waals surface area contributed by atoms with Crippen molar-refractivity contribution in [2.75, 3.05) is 25.0 Å². The van der Waals surface area contributed by atoms with Crippen LogP contribution in [0.4, 0.5) is 5.69 Å². The van der Waals surface area contributed by atoms with Crippen LogP contribution in [0.15, 0.2) is 30.9 Å². The molecular weight excluding hydrogens is 314 g/mol. The number of rotatable bonds is 4. The Hall–Kier alpha value is -1.92. The van der Waals surface area contributed by atoms with Crippen LogP contribution in [-0.2, 0) is 4.79 Å². The number of hydrogen-bond acceptors (Lipinski definition) is 4. The molecule has 6 nitrogen and oxygen atoms in total. The van der Waals surface area contributed by atoms with E-state index in [1.807, 2.05) is 6.07 Å². The Morgan fingerprint density at radius 3 is 3.09 bits per heavy atom. The van der Waals surface area contributed by atoms with E-state index in [-0.39, 0.29) is 5.91 Å². The van der Waals surface area contributed by atoms with Crippen molar-refractivity contribution in [3.05, 3.63) is 35.9 Å². The lowest BCUT2D eigenvalue weighted by Crippen LogP contribution is -2.39. The summed E-state index contributed by atoms with van der Waals surface area (Å²) in [6.07, 6.45) is 5.43. The van der Waals surface area contributed by atoms with Gasteiger partial charge in [-0.2, -0.15) is 5.10 Å². The molecule has 1 fully saturated rings. The van der Waals surface area contributed by atoms with E-state index in [1.165, 1.54) is 12.7 Å². The van der Waals surface area contributed by atoms with Crippen LogP contribution in [0.3, 0.4) is 0 Å². The SMILES string of the molecule is CC1CCCN(CC(=O)Nc2cc(Cl)ccc2-n2cncn2)C1. The molecule has 122 valence electrons. The van der Waals surface area contributed by atoms with Gasteiger partial charge in [0.05, 0.1) is 17.9 Å². The van der Waals surface area contributed by atoms with Gasteiger partial charge in [-0.1, -0.05) is 18.5 Å². The number of amides is 1. The Kier molecular flexibility index (Phi) is 4.93. The summed E-state index contributed by atoms with van der Waals surface area (Å²) in [4.78, 5) is 18.5. The Labute approximate surface area is 140 Å². The molecule has 1 N–H and O–H groups in total. The van der Waals surface area contributed by atoms with Crippen molar-refractivity contribution < 1.29 is 4.79 Å². The van der Waals surface area contributed by atoms with Crippen molar-refractivity contribution >= 4 is 23.2 Å². The average Bonchev–Trinajstić information content (AvgIpc) is 3.01. The number of carbonyl (C=O) groups excluding carboxylic acids is 1. The van der Waals surface area contributed by atoms with Crippen LogP contribution in [-0.4, -0.2) is 45.2 Å². The van der Waals surface area contributed by atoms with Crippen molar-refractivity contribution in [3.63, 3.8) is 0 Å². The number of aromatic nitrogens is 3. The van der Waals surface area contributed by atoms with Gasteiger partial charge in [0.25, 0.3) is 0 Å². The summed E-state index contributed by atoms with van der Waals surface area (Å²) >= 11 is 6.07. The summed E-state index contributed by atoms with van der Waals surface area (Å²) in [5.74, 6) is 0.608. The molecule has 1 aliphatic heterocycles. The summed E-state index contributed by atoms with van der Waals surface area (Å²) in [5.41, 5.74) is 1.38. The standard InChI is InChI=1S/C16H20ClN5O/c1-12-3-2-6-21(8-12)9-16(23)20-14-7-13(17)4-5-15(14)22-11-18-10-19-22/h4-5,7,10-12H,2-3,6,8-9H2,1H3,(H,20,23). The lowest BCUT2D eigenvalue weighted by atomic mass is 10.0. The predicted molar refractivity (Wildman–Crippen MR) is 89.8 cm³/mol. The molecule has 1 atom stereocenters. The van der Waals surface area contributed by atoms with Gasteiger partial charge < -0.3 is 5.32 Å². The second-order valence-electron chi connectivity index (χ2n) is 6.03. The van der Waals surface area contributed by atoms with Gasteiger partial charge in [-0.05, 0) is 43.5 Å². The number of likely N-dealkylation sites (tertiary alicyclic amines) is 1. The second-order valence-corrected chi connectivity index (χ2v) is 6.47. The van der Waals surface area contributed by atoms with Gasteiger partial charge in [0.1, 0.15) is 12.7 Å². The van der Waals surface area contributed by atoms with Crippen LogP contribution in [0, 0.1) is 5.92 Å². The van der Waals surface area contributed by atoms with Crippen molar-refractivity contribution in [3.8, 4) is 5.69 Å².